The molecule has 0 saturated carbocycles. The highest BCUT2D eigenvalue weighted by Crippen LogP contribution is 2.39. The van der Waals surface area contributed by atoms with Gasteiger partial charge in [0.05, 0.1) is 6.04 Å². The van der Waals surface area contributed by atoms with Crippen LogP contribution in [0.1, 0.15) is 36.9 Å². The fraction of sp³-hybridized carbons (Fsp3) is 0.350. The Balaban J connectivity index is 1.82. The minimum atomic E-state index is -0.910. The third kappa shape index (κ3) is 3.51. The lowest BCUT2D eigenvalue weighted by Crippen LogP contribution is -2.49. The normalized spacial score (nSPS) is 21.7. The van der Waals surface area contributed by atoms with Crippen LogP contribution in [0.4, 0.5) is 9.18 Å². The summed E-state index contributed by atoms with van der Waals surface area (Å²) >= 11 is 0. The minimum Gasteiger partial charge on any atom is -0.438 e. The van der Waals surface area contributed by atoms with E-state index in [2.05, 4.69) is 0 Å². The fourth-order valence-electron chi connectivity index (χ4n) is 3.39. The van der Waals surface area contributed by atoms with Crippen LogP contribution in [0.3, 0.4) is 0 Å². The van der Waals surface area contributed by atoms with Crippen molar-refractivity contribution in [3.63, 3.8) is 0 Å². The van der Waals surface area contributed by atoms with Gasteiger partial charge in [-0.25, -0.2) is 9.18 Å². The van der Waals surface area contributed by atoms with Gasteiger partial charge in [-0.2, -0.15) is 0 Å². The number of carbonyl (C=O) groups is 1. The molecule has 0 spiro atoms. The number of aliphatic hydroxyl groups excluding tert-OH is 1. The van der Waals surface area contributed by atoms with E-state index >= 15 is 0 Å². The summed E-state index contributed by atoms with van der Waals surface area (Å²) in [5.41, 5.74) is 0.839. The van der Waals surface area contributed by atoms with Crippen molar-refractivity contribution in [2.75, 3.05) is 13.2 Å². The first-order chi connectivity index (χ1) is 12.1. The number of nitrogens with zero attached hydrogens (tertiary/aromatic N) is 1. The van der Waals surface area contributed by atoms with E-state index in [0.717, 1.165) is 5.56 Å². The van der Waals surface area contributed by atoms with Gasteiger partial charge in [-0.05, 0) is 30.2 Å². The first-order valence-electron chi connectivity index (χ1n) is 8.47. The molecule has 0 bridgehead atoms. The summed E-state index contributed by atoms with van der Waals surface area (Å²) in [5.74, 6) is -0.343. The number of rotatable bonds is 5. The average molecular weight is 343 g/mol. The Labute approximate surface area is 146 Å². The van der Waals surface area contributed by atoms with Crippen molar-refractivity contribution in [2.24, 2.45) is 0 Å². The molecule has 2 aromatic rings. The Morgan fingerprint density at radius 2 is 1.88 bits per heavy atom. The van der Waals surface area contributed by atoms with E-state index in [0.29, 0.717) is 18.5 Å². The number of amides is 1. The van der Waals surface area contributed by atoms with Crippen LogP contribution in [0.25, 0.3) is 0 Å². The van der Waals surface area contributed by atoms with Crippen LogP contribution >= 0.6 is 0 Å². The lowest BCUT2D eigenvalue weighted by Gasteiger charge is -2.43. The second-order valence-electron chi connectivity index (χ2n) is 6.37. The van der Waals surface area contributed by atoms with E-state index < -0.39 is 11.7 Å². The zero-order valence-electron chi connectivity index (χ0n) is 14.2. The van der Waals surface area contributed by atoms with Crippen molar-refractivity contribution in [1.82, 2.24) is 4.90 Å². The molecule has 1 fully saturated rings. The molecule has 5 heteroatoms. The number of hydrogen-bond acceptors (Lipinski definition) is 3. The Kier molecular flexibility index (Phi) is 5.04. The van der Waals surface area contributed by atoms with Gasteiger partial charge in [0.2, 0.25) is 0 Å². The summed E-state index contributed by atoms with van der Waals surface area (Å²) in [6, 6.07) is 15.6. The highest BCUT2D eigenvalue weighted by atomic mass is 19.1. The van der Waals surface area contributed by atoms with Gasteiger partial charge in [0, 0.05) is 26.0 Å². The van der Waals surface area contributed by atoms with Gasteiger partial charge in [-0.1, -0.05) is 42.5 Å². The molecule has 1 heterocycles. The molecule has 25 heavy (non-hydrogen) atoms. The summed E-state index contributed by atoms with van der Waals surface area (Å²) < 4.78 is 19.0. The maximum atomic E-state index is 13.2. The van der Waals surface area contributed by atoms with Crippen molar-refractivity contribution in [3.05, 3.63) is 71.5 Å². The average Bonchev–Trinajstić information content (AvgIpc) is 2.63. The molecule has 2 aromatic carbocycles. The predicted octanol–water partition coefficient (Wildman–Crippen LogP) is 4.01. The molecule has 1 saturated heterocycles. The van der Waals surface area contributed by atoms with E-state index in [1.165, 1.54) is 12.1 Å². The summed E-state index contributed by atoms with van der Waals surface area (Å²) in [7, 11) is 0. The molecule has 2 atom stereocenters. The topological polar surface area (TPSA) is 49.8 Å². The number of benzene rings is 2. The number of hydrogen-bond donors (Lipinski definition) is 1. The summed E-state index contributed by atoms with van der Waals surface area (Å²) in [5, 5.41) is 9.46. The van der Waals surface area contributed by atoms with E-state index in [1.54, 1.807) is 17.0 Å². The van der Waals surface area contributed by atoms with Gasteiger partial charge >= 0.3 is 6.09 Å². The molecule has 1 unspecified atom stereocenters. The Bertz CT molecular complexity index is 719. The summed E-state index contributed by atoms with van der Waals surface area (Å²) in [6.07, 6.45) is 0.417. The Hall–Kier alpha value is -2.40. The Morgan fingerprint density at radius 3 is 2.48 bits per heavy atom. The third-order valence-electron chi connectivity index (χ3n) is 4.91. The maximum absolute atomic E-state index is 13.2. The molecule has 0 aromatic heterocycles. The van der Waals surface area contributed by atoms with Gasteiger partial charge in [-0.3, -0.25) is 0 Å². The van der Waals surface area contributed by atoms with Gasteiger partial charge in [0.15, 0.2) is 0 Å². The molecule has 3 rings (SSSR count). The first-order valence-corrected chi connectivity index (χ1v) is 8.47. The summed E-state index contributed by atoms with van der Waals surface area (Å²) in [4.78, 5) is 14.4. The molecule has 132 valence electrons. The second kappa shape index (κ2) is 7.23. The Morgan fingerprint density at radius 1 is 1.20 bits per heavy atom. The molecular weight excluding hydrogens is 321 g/mol. The van der Waals surface area contributed by atoms with Crippen molar-refractivity contribution >= 4 is 6.09 Å². The first kappa shape index (κ1) is 17.4. The lowest BCUT2D eigenvalue weighted by atomic mass is 9.85. The van der Waals surface area contributed by atoms with Gasteiger partial charge in [-0.15, -0.1) is 0 Å². The van der Waals surface area contributed by atoms with Crippen LogP contribution < -0.4 is 0 Å². The predicted molar refractivity (Wildman–Crippen MR) is 92.4 cm³/mol. The molecule has 1 aliphatic rings. The van der Waals surface area contributed by atoms with Gasteiger partial charge in [0.25, 0.3) is 0 Å². The second-order valence-corrected chi connectivity index (χ2v) is 6.37. The molecule has 0 aliphatic carbocycles. The van der Waals surface area contributed by atoms with Crippen molar-refractivity contribution in [3.8, 4) is 0 Å². The highest BCUT2D eigenvalue weighted by molar-refractivity contribution is 5.70. The van der Waals surface area contributed by atoms with Crippen LogP contribution in [0.15, 0.2) is 54.6 Å². The van der Waals surface area contributed by atoms with E-state index in [-0.39, 0.29) is 24.9 Å². The number of halogens is 1. The largest absolute Gasteiger partial charge is 0.438 e. The van der Waals surface area contributed by atoms with E-state index in [9.17, 15) is 14.3 Å². The summed E-state index contributed by atoms with van der Waals surface area (Å²) in [6.45, 7) is 2.36. The van der Waals surface area contributed by atoms with Crippen molar-refractivity contribution < 1.29 is 19.0 Å². The zero-order valence-corrected chi connectivity index (χ0v) is 14.2. The number of carbonyl (C=O) groups excluding carboxylic acids is 1. The van der Waals surface area contributed by atoms with Crippen LogP contribution in [-0.4, -0.2) is 29.3 Å². The molecule has 4 nitrogen and oxygen atoms in total. The van der Waals surface area contributed by atoms with E-state index in [4.69, 9.17) is 4.74 Å². The van der Waals surface area contributed by atoms with Crippen LogP contribution in [0.2, 0.25) is 0 Å². The van der Waals surface area contributed by atoms with Gasteiger partial charge in [0.1, 0.15) is 11.4 Å². The SMILES string of the molecule is C[C@@H](c1ccccc1)N1CCC(CCO)(c2ccc(F)cc2)OC1=O. The maximum Gasteiger partial charge on any atom is 0.411 e. The van der Waals surface area contributed by atoms with Crippen molar-refractivity contribution in [1.29, 1.82) is 0 Å². The van der Waals surface area contributed by atoms with Crippen LogP contribution in [0, 0.1) is 5.82 Å². The fourth-order valence-corrected chi connectivity index (χ4v) is 3.39. The molecule has 0 radical (unpaired) electrons. The quantitative estimate of drug-likeness (QED) is 0.892. The molecule has 1 N–H and O–H groups in total. The smallest absolute Gasteiger partial charge is 0.411 e. The van der Waals surface area contributed by atoms with Crippen LogP contribution in [-0.2, 0) is 10.3 Å². The zero-order chi connectivity index (χ0) is 17.9. The van der Waals surface area contributed by atoms with Gasteiger partial charge < -0.3 is 14.7 Å². The van der Waals surface area contributed by atoms with Crippen LogP contribution in [0.5, 0.6) is 0 Å². The standard InChI is InChI=1S/C20H22FNO3/c1-15(16-5-3-2-4-6-16)22-13-11-20(12-14-23,25-19(22)24)17-7-9-18(21)10-8-17/h2-10,15,23H,11-14H2,1H3/t15-,20?/m0/s1. The minimum absolute atomic E-state index is 0.103. The number of cyclic esters (lactones) is 1. The number of ether oxygens (including phenoxy) is 1. The number of aliphatic hydroxyl groups is 1. The lowest BCUT2D eigenvalue weighted by molar-refractivity contribution is -0.0718. The molecule has 1 aliphatic heterocycles. The van der Waals surface area contributed by atoms with E-state index in [1.807, 2.05) is 37.3 Å². The monoisotopic (exact) mass is 343 g/mol. The third-order valence-corrected chi connectivity index (χ3v) is 4.91. The molecular formula is C20H22FNO3. The highest BCUT2D eigenvalue weighted by Gasteiger charge is 2.43. The molecule has 1 amide bonds. The van der Waals surface area contributed by atoms with Crippen molar-refractivity contribution in [2.45, 2.75) is 31.4 Å².